The van der Waals surface area contributed by atoms with Crippen molar-refractivity contribution >= 4 is 5.91 Å². The molecule has 1 amide bonds. The Kier molecular flexibility index (Phi) is 5.21. The van der Waals surface area contributed by atoms with Gasteiger partial charge >= 0.3 is 0 Å². The van der Waals surface area contributed by atoms with Crippen molar-refractivity contribution in [3.05, 3.63) is 29.8 Å². The van der Waals surface area contributed by atoms with Crippen LogP contribution in [0.2, 0.25) is 0 Å². The molecule has 1 aromatic rings. The third kappa shape index (κ3) is 4.05. The van der Waals surface area contributed by atoms with E-state index in [9.17, 15) is 4.79 Å². The van der Waals surface area contributed by atoms with Gasteiger partial charge in [0, 0.05) is 26.1 Å². The molecule has 1 spiro atoms. The molecule has 0 saturated carbocycles. The lowest BCUT2D eigenvalue weighted by molar-refractivity contribution is -0.142. The summed E-state index contributed by atoms with van der Waals surface area (Å²) in [6.45, 7) is 2.58. The number of rotatable bonds is 4. The van der Waals surface area contributed by atoms with Gasteiger partial charge < -0.3 is 14.4 Å². The highest BCUT2D eigenvalue weighted by molar-refractivity contribution is 5.76. The minimum Gasteiger partial charge on any atom is -0.497 e. The number of piperidine rings is 1. The standard InChI is InChI=1S/C19H27NO3/c1-22-17-6-4-5-16(15-17)7-8-18(21)20-12-10-19(11-13-20)9-2-3-14-23-19/h4-6,15H,2-3,7-14H2,1H3. The van der Waals surface area contributed by atoms with Gasteiger partial charge in [0.15, 0.2) is 0 Å². The summed E-state index contributed by atoms with van der Waals surface area (Å²) in [6.07, 6.45) is 6.96. The summed E-state index contributed by atoms with van der Waals surface area (Å²) in [5.74, 6) is 1.11. The van der Waals surface area contributed by atoms with Crippen LogP contribution in [-0.2, 0) is 16.0 Å². The molecule has 0 bridgehead atoms. The molecule has 0 aliphatic carbocycles. The molecule has 126 valence electrons. The molecular formula is C19H27NO3. The van der Waals surface area contributed by atoms with Gasteiger partial charge in [0.25, 0.3) is 0 Å². The first-order valence-corrected chi connectivity index (χ1v) is 8.75. The van der Waals surface area contributed by atoms with Gasteiger partial charge in [-0.2, -0.15) is 0 Å². The third-order valence-electron chi connectivity index (χ3n) is 5.22. The van der Waals surface area contributed by atoms with Gasteiger partial charge in [-0.1, -0.05) is 12.1 Å². The quantitative estimate of drug-likeness (QED) is 0.856. The zero-order valence-electron chi connectivity index (χ0n) is 14.1. The van der Waals surface area contributed by atoms with Gasteiger partial charge in [0.05, 0.1) is 12.7 Å². The number of benzene rings is 1. The molecule has 1 aromatic carbocycles. The molecule has 2 fully saturated rings. The van der Waals surface area contributed by atoms with E-state index in [4.69, 9.17) is 9.47 Å². The SMILES string of the molecule is COc1cccc(CCC(=O)N2CCC3(CCCCO3)CC2)c1. The van der Waals surface area contributed by atoms with Crippen LogP contribution in [0.1, 0.15) is 44.1 Å². The zero-order chi connectivity index (χ0) is 16.1. The van der Waals surface area contributed by atoms with Gasteiger partial charge in [-0.05, 0) is 56.2 Å². The summed E-state index contributed by atoms with van der Waals surface area (Å²) in [5, 5.41) is 0. The van der Waals surface area contributed by atoms with E-state index in [1.54, 1.807) is 7.11 Å². The van der Waals surface area contributed by atoms with Crippen LogP contribution in [0, 0.1) is 0 Å². The first-order valence-electron chi connectivity index (χ1n) is 8.75. The lowest BCUT2D eigenvalue weighted by Gasteiger charge is -2.44. The van der Waals surface area contributed by atoms with Crippen molar-refractivity contribution in [1.82, 2.24) is 4.90 Å². The van der Waals surface area contributed by atoms with Gasteiger partial charge in [-0.25, -0.2) is 0 Å². The average Bonchev–Trinajstić information content (AvgIpc) is 2.61. The molecule has 0 aromatic heterocycles. The van der Waals surface area contributed by atoms with Crippen molar-refractivity contribution in [1.29, 1.82) is 0 Å². The van der Waals surface area contributed by atoms with E-state index in [1.165, 1.54) is 19.3 Å². The second-order valence-electron chi connectivity index (χ2n) is 6.72. The predicted octanol–water partition coefficient (Wildman–Crippen LogP) is 3.19. The van der Waals surface area contributed by atoms with Crippen LogP contribution in [-0.4, -0.2) is 43.2 Å². The van der Waals surface area contributed by atoms with Gasteiger partial charge in [0.1, 0.15) is 5.75 Å². The van der Waals surface area contributed by atoms with Crippen molar-refractivity contribution in [2.45, 2.75) is 50.5 Å². The van der Waals surface area contributed by atoms with Crippen molar-refractivity contribution in [2.75, 3.05) is 26.8 Å². The van der Waals surface area contributed by atoms with E-state index in [-0.39, 0.29) is 11.5 Å². The van der Waals surface area contributed by atoms with Gasteiger partial charge in [0.2, 0.25) is 5.91 Å². The first-order chi connectivity index (χ1) is 11.2. The normalized spacial score (nSPS) is 20.5. The highest BCUT2D eigenvalue weighted by Gasteiger charge is 2.37. The molecular weight excluding hydrogens is 290 g/mol. The summed E-state index contributed by atoms with van der Waals surface area (Å²) in [5.41, 5.74) is 1.23. The number of hydrogen-bond donors (Lipinski definition) is 0. The molecule has 4 nitrogen and oxygen atoms in total. The molecule has 2 aliphatic rings. The molecule has 0 N–H and O–H groups in total. The maximum absolute atomic E-state index is 12.5. The second-order valence-corrected chi connectivity index (χ2v) is 6.72. The number of methoxy groups -OCH3 is 1. The van der Waals surface area contributed by atoms with Crippen LogP contribution in [0.15, 0.2) is 24.3 Å². The molecule has 0 unspecified atom stereocenters. The Hall–Kier alpha value is -1.55. The summed E-state index contributed by atoms with van der Waals surface area (Å²) in [7, 11) is 1.67. The molecule has 0 atom stereocenters. The number of carbonyl (C=O) groups excluding carboxylic acids is 1. The van der Waals surface area contributed by atoms with Crippen LogP contribution in [0.25, 0.3) is 0 Å². The highest BCUT2D eigenvalue weighted by Crippen LogP contribution is 2.34. The van der Waals surface area contributed by atoms with Crippen LogP contribution in [0.4, 0.5) is 0 Å². The van der Waals surface area contributed by atoms with E-state index >= 15 is 0 Å². The number of carbonyl (C=O) groups is 1. The molecule has 2 aliphatic heterocycles. The van der Waals surface area contributed by atoms with E-state index < -0.39 is 0 Å². The number of hydrogen-bond acceptors (Lipinski definition) is 3. The fourth-order valence-corrected chi connectivity index (χ4v) is 3.71. The van der Waals surface area contributed by atoms with Crippen molar-refractivity contribution in [2.24, 2.45) is 0 Å². The predicted molar refractivity (Wildman–Crippen MR) is 89.7 cm³/mol. The van der Waals surface area contributed by atoms with Gasteiger partial charge in [-0.15, -0.1) is 0 Å². The topological polar surface area (TPSA) is 38.8 Å². The Labute approximate surface area is 138 Å². The molecule has 0 radical (unpaired) electrons. The van der Waals surface area contributed by atoms with E-state index in [1.807, 2.05) is 23.1 Å². The fraction of sp³-hybridized carbons (Fsp3) is 0.632. The Balaban J connectivity index is 1.47. The van der Waals surface area contributed by atoms with Crippen molar-refractivity contribution in [3.63, 3.8) is 0 Å². The lowest BCUT2D eigenvalue weighted by atomic mass is 9.84. The third-order valence-corrected chi connectivity index (χ3v) is 5.22. The number of aryl methyl sites for hydroxylation is 1. The summed E-state index contributed by atoms with van der Waals surface area (Å²) in [4.78, 5) is 14.5. The zero-order valence-corrected chi connectivity index (χ0v) is 14.1. The number of ether oxygens (including phenoxy) is 2. The fourth-order valence-electron chi connectivity index (χ4n) is 3.71. The first kappa shape index (κ1) is 16.3. The van der Waals surface area contributed by atoms with E-state index in [2.05, 4.69) is 6.07 Å². The monoisotopic (exact) mass is 317 g/mol. The van der Waals surface area contributed by atoms with Crippen LogP contribution in [0.3, 0.4) is 0 Å². The molecule has 2 saturated heterocycles. The van der Waals surface area contributed by atoms with E-state index in [0.717, 1.165) is 50.3 Å². The van der Waals surface area contributed by atoms with Gasteiger partial charge in [-0.3, -0.25) is 4.79 Å². The van der Waals surface area contributed by atoms with Crippen molar-refractivity contribution in [3.8, 4) is 5.75 Å². The van der Waals surface area contributed by atoms with Crippen LogP contribution >= 0.6 is 0 Å². The molecule has 2 heterocycles. The Morgan fingerprint density at radius 3 is 2.78 bits per heavy atom. The number of likely N-dealkylation sites (tertiary alicyclic amines) is 1. The molecule has 4 heteroatoms. The maximum atomic E-state index is 12.5. The largest absolute Gasteiger partial charge is 0.497 e. The summed E-state index contributed by atoms with van der Waals surface area (Å²) >= 11 is 0. The Morgan fingerprint density at radius 2 is 2.09 bits per heavy atom. The van der Waals surface area contributed by atoms with Crippen LogP contribution < -0.4 is 4.74 Å². The smallest absolute Gasteiger partial charge is 0.222 e. The summed E-state index contributed by atoms with van der Waals surface area (Å²) in [6, 6.07) is 7.97. The summed E-state index contributed by atoms with van der Waals surface area (Å²) < 4.78 is 11.3. The van der Waals surface area contributed by atoms with Crippen LogP contribution in [0.5, 0.6) is 5.75 Å². The molecule has 3 rings (SSSR count). The van der Waals surface area contributed by atoms with Crippen molar-refractivity contribution < 1.29 is 14.3 Å². The maximum Gasteiger partial charge on any atom is 0.222 e. The number of nitrogens with zero attached hydrogens (tertiary/aromatic N) is 1. The minimum atomic E-state index is 0.0713. The number of amides is 1. The average molecular weight is 317 g/mol. The lowest BCUT2D eigenvalue weighted by Crippen LogP contribution is -2.49. The minimum absolute atomic E-state index is 0.0713. The van der Waals surface area contributed by atoms with E-state index in [0.29, 0.717) is 6.42 Å². The highest BCUT2D eigenvalue weighted by atomic mass is 16.5. The molecule has 23 heavy (non-hydrogen) atoms. The Bertz CT molecular complexity index is 527. The Morgan fingerprint density at radius 1 is 1.26 bits per heavy atom. The second kappa shape index (κ2) is 7.35.